The van der Waals surface area contributed by atoms with Gasteiger partial charge in [-0.15, -0.1) is 11.3 Å². The maximum atomic E-state index is 5.69. The van der Waals surface area contributed by atoms with Gasteiger partial charge in [-0.3, -0.25) is 0 Å². The highest BCUT2D eigenvalue weighted by Gasteiger charge is 2.09. The molecule has 2 N–H and O–H groups in total. The van der Waals surface area contributed by atoms with E-state index in [9.17, 15) is 0 Å². The molecular weight excluding hydrogens is 297 g/mol. The van der Waals surface area contributed by atoms with Gasteiger partial charge in [0.2, 0.25) is 0 Å². The smallest absolute Gasteiger partial charge is 0.150 e. The van der Waals surface area contributed by atoms with Gasteiger partial charge >= 0.3 is 0 Å². The SMILES string of the molecule is COc1c(I)sc2cc(N)ccc12. The highest BCUT2D eigenvalue weighted by molar-refractivity contribution is 14.1. The molecule has 1 aromatic carbocycles. The van der Waals surface area contributed by atoms with E-state index in [1.807, 2.05) is 18.2 Å². The van der Waals surface area contributed by atoms with E-state index in [2.05, 4.69) is 22.6 Å². The van der Waals surface area contributed by atoms with Crippen molar-refractivity contribution in [3.05, 3.63) is 21.1 Å². The van der Waals surface area contributed by atoms with Crippen LogP contribution in [0.1, 0.15) is 0 Å². The molecular formula is C9H8INOS. The van der Waals surface area contributed by atoms with Crippen molar-refractivity contribution in [1.82, 2.24) is 0 Å². The minimum Gasteiger partial charge on any atom is -0.494 e. The van der Waals surface area contributed by atoms with E-state index in [-0.39, 0.29) is 0 Å². The number of hydrogen-bond acceptors (Lipinski definition) is 3. The Morgan fingerprint density at radius 2 is 2.23 bits per heavy atom. The molecule has 0 spiro atoms. The lowest BCUT2D eigenvalue weighted by atomic mass is 10.2. The Labute approximate surface area is 93.8 Å². The molecule has 0 atom stereocenters. The average molecular weight is 305 g/mol. The quantitative estimate of drug-likeness (QED) is 0.649. The topological polar surface area (TPSA) is 35.2 Å². The lowest BCUT2D eigenvalue weighted by Gasteiger charge is -1.97. The molecule has 4 heteroatoms. The van der Waals surface area contributed by atoms with Crippen LogP contribution in [0.2, 0.25) is 0 Å². The number of thiophene rings is 1. The van der Waals surface area contributed by atoms with Crippen LogP contribution >= 0.6 is 33.9 Å². The van der Waals surface area contributed by atoms with Gasteiger partial charge in [0, 0.05) is 15.8 Å². The lowest BCUT2D eigenvalue weighted by Crippen LogP contribution is -1.83. The first-order valence-electron chi connectivity index (χ1n) is 3.74. The molecule has 0 aliphatic heterocycles. The number of fused-ring (bicyclic) bond motifs is 1. The number of ether oxygens (including phenoxy) is 1. The van der Waals surface area contributed by atoms with Crippen LogP contribution < -0.4 is 10.5 Å². The number of hydrogen-bond donors (Lipinski definition) is 1. The standard InChI is InChI=1S/C9H8INOS/c1-12-8-6-3-2-5(11)4-7(6)13-9(8)10/h2-4H,11H2,1H3. The van der Waals surface area contributed by atoms with Crippen LogP contribution in [0.3, 0.4) is 0 Å². The monoisotopic (exact) mass is 305 g/mol. The predicted octanol–water partition coefficient (Wildman–Crippen LogP) is 3.10. The van der Waals surface area contributed by atoms with Crippen LogP contribution in [0.25, 0.3) is 10.1 Å². The van der Waals surface area contributed by atoms with Gasteiger partial charge in [-0.1, -0.05) is 0 Å². The fourth-order valence-corrected chi connectivity index (χ4v) is 3.42. The number of benzene rings is 1. The molecule has 2 rings (SSSR count). The predicted molar refractivity (Wildman–Crippen MR) is 65.5 cm³/mol. The second-order valence-corrected chi connectivity index (χ2v) is 5.53. The Kier molecular flexibility index (Phi) is 2.33. The fourth-order valence-electron chi connectivity index (χ4n) is 1.25. The Bertz CT molecular complexity index is 452. The van der Waals surface area contributed by atoms with Gasteiger partial charge in [-0.25, -0.2) is 0 Å². The molecule has 13 heavy (non-hydrogen) atoms. The Morgan fingerprint density at radius 1 is 1.46 bits per heavy atom. The van der Waals surface area contributed by atoms with Crippen molar-refractivity contribution in [1.29, 1.82) is 0 Å². The Hall–Kier alpha value is -0.490. The first kappa shape index (κ1) is 9.08. The van der Waals surface area contributed by atoms with Crippen molar-refractivity contribution in [2.75, 3.05) is 12.8 Å². The molecule has 2 nitrogen and oxygen atoms in total. The normalized spacial score (nSPS) is 10.6. The molecule has 2 aromatic rings. The summed E-state index contributed by atoms with van der Waals surface area (Å²) in [5.74, 6) is 0.959. The van der Waals surface area contributed by atoms with Crippen LogP contribution in [0.15, 0.2) is 18.2 Å². The van der Waals surface area contributed by atoms with Gasteiger partial charge in [0.05, 0.1) is 7.11 Å². The molecule has 0 aliphatic carbocycles. The number of methoxy groups -OCH3 is 1. The highest BCUT2D eigenvalue weighted by atomic mass is 127. The minimum atomic E-state index is 0.799. The number of rotatable bonds is 1. The van der Waals surface area contributed by atoms with E-state index in [4.69, 9.17) is 10.5 Å². The van der Waals surface area contributed by atoms with Gasteiger partial charge in [-0.2, -0.15) is 0 Å². The van der Waals surface area contributed by atoms with Crippen molar-refractivity contribution in [3.63, 3.8) is 0 Å². The van der Waals surface area contributed by atoms with Gasteiger partial charge < -0.3 is 10.5 Å². The highest BCUT2D eigenvalue weighted by Crippen LogP contribution is 2.38. The van der Waals surface area contributed by atoms with Crippen molar-refractivity contribution in [2.45, 2.75) is 0 Å². The molecule has 0 radical (unpaired) electrons. The van der Waals surface area contributed by atoms with Gasteiger partial charge in [0.15, 0.2) is 5.75 Å². The van der Waals surface area contributed by atoms with Crippen LogP contribution in [0.4, 0.5) is 5.69 Å². The zero-order valence-corrected chi connectivity index (χ0v) is 9.98. The van der Waals surface area contributed by atoms with Crippen molar-refractivity contribution in [2.24, 2.45) is 0 Å². The minimum absolute atomic E-state index is 0.799. The second kappa shape index (κ2) is 3.34. The van der Waals surface area contributed by atoms with Gasteiger partial charge in [0.25, 0.3) is 0 Å². The maximum Gasteiger partial charge on any atom is 0.150 e. The molecule has 0 fully saturated rings. The molecule has 0 saturated carbocycles. The summed E-state index contributed by atoms with van der Waals surface area (Å²) in [4.78, 5) is 0. The van der Waals surface area contributed by atoms with Crippen LogP contribution in [0, 0.1) is 2.88 Å². The summed E-state index contributed by atoms with van der Waals surface area (Å²) in [6.45, 7) is 0. The van der Waals surface area contributed by atoms with Crippen molar-refractivity contribution >= 4 is 49.7 Å². The molecule has 68 valence electrons. The van der Waals surface area contributed by atoms with Crippen LogP contribution in [0.5, 0.6) is 5.75 Å². The summed E-state index contributed by atoms with van der Waals surface area (Å²) in [7, 11) is 1.69. The average Bonchev–Trinajstić information content (AvgIpc) is 2.39. The molecule has 0 saturated heterocycles. The van der Waals surface area contributed by atoms with E-state index >= 15 is 0 Å². The summed E-state index contributed by atoms with van der Waals surface area (Å²) in [5.41, 5.74) is 6.49. The van der Waals surface area contributed by atoms with Crippen molar-refractivity contribution in [3.8, 4) is 5.75 Å². The third-order valence-corrected chi connectivity index (χ3v) is 3.91. The third kappa shape index (κ3) is 1.48. The van der Waals surface area contributed by atoms with Crippen LogP contribution in [-0.4, -0.2) is 7.11 Å². The molecule has 0 amide bonds. The van der Waals surface area contributed by atoms with E-state index < -0.39 is 0 Å². The van der Waals surface area contributed by atoms with E-state index in [1.54, 1.807) is 18.4 Å². The zero-order valence-electron chi connectivity index (χ0n) is 7.00. The third-order valence-electron chi connectivity index (χ3n) is 1.83. The fraction of sp³-hybridized carbons (Fsp3) is 0.111. The first-order valence-corrected chi connectivity index (χ1v) is 5.63. The molecule has 0 aliphatic rings. The summed E-state index contributed by atoms with van der Waals surface area (Å²) in [6, 6.07) is 5.88. The van der Waals surface area contributed by atoms with Crippen molar-refractivity contribution < 1.29 is 4.74 Å². The van der Waals surface area contributed by atoms with E-state index in [1.165, 1.54) is 7.58 Å². The van der Waals surface area contributed by atoms with E-state index in [0.29, 0.717) is 0 Å². The zero-order chi connectivity index (χ0) is 9.42. The summed E-state index contributed by atoms with van der Waals surface area (Å²) in [5, 5.41) is 1.14. The number of halogens is 1. The largest absolute Gasteiger partial charge is 0.494 e. The van der Waals surface area contributed by atoms with E-state index in [0.717, 1.165) is 16.8 Å². The maximum absolute atomic E-state index is 5.69. The molecule has 0 bridgehead atoms. The van der Waals surface area contributed by atoms with Gasteiger partial charge in [0.1, 0.15) is 2.88 Å². The summed E-state index contributed by atoms with van der Waals surface area (Å²) >= 11 is 3.98. The first-order chi connectivity index (χ1) is 6.22. The number of nitrogens with two attached hydrogens (primary N) is 1. The number of anilines is 1. The second-order valence-electron chi connectivity index (χ2n) is 2.66. The lowest BCUT2D eigenvalue weighted by molar-refractivity contribution is 0.419. The molecule has 1 heterocycles. The Balaban J connectivity index is 2.79. The van der Waals surface area contributed by atoms with Gasteiger partial charge in [-0.05, 0) is 40.8 Å². The van der Waals surface area contributed by atoms with Crippen LogP contribution in [-0.2, 0) is 0 Å². The Morgan fingerprint density at radius 3 is 2.92 bits per heavy atom. The summed E-state index contributed by atoms with van der Waals surface area (Å²) < 4.78 is 7.65. The number of nitrogen functional groups attached to an aromatic ring is 1. The summed E-state index contributed by atoms with van der Waals surface area (Å²) in [6.07, 6.45) is 0. The molecule has 1 aromatic heterocycles. The molecule has 0 unspecified atom stereocenters.